The standard InChI is InChI=1S/C18H16FN5O4S/c1-10-4-3-5-14-17(10)29(27,28)24(18(26)23-14)9-16(25)22-11(2)15-6-12(7-20)13(19)8-21-15/h3-6,8,11H,9H2,1-2H3,(H,22,25)(H,23,26)/t11-/m0/s1. The fourth-order valence-corrected chi connectivity index (χ4v) is 4.56. The highest BCUT2D eigenvalue weighted by Crippen LogP contribution is 2.32. The summed E-state index contributed by atoms with van der Waals surface area (Å²) in [5, 5.41) is 13.8. The Morgan fingerprint density at radius 2 is 2.17 bits per heavy atom. The van der Waals surface area contributed by atoms with Crippen LogP contribution >= 0.6 is 0 Å². The van der Waals surface area contributed by atoms with Crippen molar-refractivity contribution in [2.75, 3.05) is 11.9 Å². The number of carbonyl (C=O) groups excluding carboxylic acids is 2. The van der Waals surface area contributed by atoms with Gasteiger partial charge in [-0.25, -0.2) is 21.9 Å². The van der Waals surface area contributed by atoms with Gasteiger partial charge >= 0.3 is 6.03 Å². The zero-order valence-electron chi connectivity index (χ0n) is 15.4. The van der Waals surface area contributed by atoms with Crippen molar-refractivity contribution in [2.45, 2.75) is 24.8 Å². The van der Waals surface area contributed by atoms with Crippen LogP contribution in [0, 0.1) is 24.1 Å². The molecule has 9 nitrogen and oxygen atoms in total. The van der Waals surface area contributed by atoms with E-state index in [0.717, 1.165) is 6.20 Å². The van der Waals surface area contributed by atoms with E-state index < -0.39 is 40.4 Å². The third kappa shape index (κ3) is 3.74. The molecule has 3 amide bonds. The lowest BCUT2D eigenvalue weighted by Crippen LogP contribution is -2.49. The lowest BCUT2D eigenvalue weighted by atomic mass is 10.1. The van der Waals surface area contributed by atoms with Gasteiger partial charge in [-0.05, 0) is 31.5 Å². The molecule has 29 heavy (non-hydrogen) atoms. The number of carbonyl (C=O) groups is 2. The van der Waals surface area contributed by atoms with Crippen LogP contribution in [-0.4, -0.2) is 36.2 Å². The van der Waals surface area contributed by atoms with E-state index in [0.29, 0.717) is 9.87 Å². The zero-order chi connectivity index (χ0) is 21.3. The first kappa shape index (κ1) is 20.2. The van der Waals surface area contributed by atoms with Crippen LogP contribution < -0.4 is 10.6 Å². The number of fused-ring (bicyclic) bond motifs is 1. The molecule has 0 radical (unpaired) electrons. The number of urea groups is 1. The van der Waals surface area contributed by atoms with Crippen LogP contribution in [0.4, 0.5) is 14.9 Å². The van der Waals surface area contributed by atoms with Crippen LogP contribution in [0.3, 0.4) is 0 Å². The van der Waals surface area contributed by atoms with Gasteiger partial charge in [0.1, 0.15) is 17.5 Å². The Balaban J connectivity index is 1.79. The normalized spacial score (nSPS) is 15.7. The molecule has 150 valence electrons. The largest absolute Gasteiger partial charge is 0.346 e. The summed E-state index contributed by atoms with van der Waals surface area (Å²) in [4.78, 5) is 28.4. The summed E-state index contributed by atoms with van der Waals surface area (Å²) in [6.45, 7) is 2.36. The van der Waals surface area contributed by atoms with Gasteiger partial charge in [-0.2, -0.15) is 5.26 Å². The molecular formula is C18H16FN5O4S. The Bertz CT molecular complexity index is 1160. The molecule has 1 atom stereocenters. The van der Waals surface area contributed by atoms with E-state index in [1.165, 1.54) is 19.1 Å². The number of anilines is 1. The molecule has 0 saturated heterocycles. The van der Waals surface area contributed by atoms with E-state index in [-0.39, 0.29) is 21.8 Å². The van der Waals surface area contributed by atoms with Crippen LogP contribution in [0.25, 0.3) is 0 Å². The Morgan fingerprint density at radius 3 is 2.86 bits per heavy atom. The topological polar surface area (TPSA) is 132 Å². The molecule has 1 aromatic heterocycles. The van der Waals surface area contributed by atoms with Gasteiger partial charge in [-0.3, -0.25) is 9.78 Å². The predicted molar refractivity (Wildman–Crippen MR) is 99.6 cm³/mol. The van der Waals surface area contributed by atoms with Crippen molar-refractivity contribution in [3.63, 3.8) is 0 Å². The number of halogens is 1. The minimum Gasteiger partial charge on any atom is -0.346 e. The number of rotatable bonds is 4. The Hall–Kier alpha value is -3.52. The molecule has 0 aliphatic carbocycles. The molecule has 0 saturated carbocycles. The number of nitrogens with zero attached hydrogens (tertiary/aromatic N) is 3. The molecule has 1 aliphatic heterocycles. The number of sulfonamides is 1. The second-order valence-corrected chi connectivity index (χ2v) is 8.18. The molecular weight excluding hydrogens is 401 g/mol. The van der Waals surface area contributed by atoms with E-state index in [9.17, 15) is 22.4 Å². The highest BCUT2D eigenvalue weighted by atomic mass is 32.2. The Morgan fingerprint density at radius 1 is 1.45 bits per heavy atom. The molecule has 2 aromatic rings. The molecule has 11 heteroatoms. The fourth-order valence-electron chi connectivity index (χ4n) is 2.92. The van der Waals surface area contributed by atoms with E-state index in [2.05, 4.69) is 15.6 Å². The molecule has 1 aromatic carbocycles. The summed E-state index contributed by atoms with van der Waals surface area (Å²) in [7, 11) is -4.22. The van der Waals surface area contributed by atoms with Crippen molar-refractivity contribution in [1.82, 2.24) is 14.6 Å². The molecule has 0 spiro atoms. The van der Waals surface area contributed by atoms with Crippen LogP contribution in [0.15, 0.2) is 35.4 Å². The predicted octanol–water partition coefficient (Wildman–Crippen LogP) is 1.81. The third-order valence-corrected chi connectivity index (χ3v) is 6.27. The van der Waals surface area contributed by atoms with Crippen LogP contribution in [0.1, 0.15) is 29.8 Å². The van der Waals surface area contributed by atoms with Gasteiger partial charge in [0.05, 0.1) is 29.2 Å². The maximum Gasteiger partial charge on any atom is 0.336 e. The number of nitriles is 1. The van der Waals surface area contributed by atoms with Crippen molar-refractivity contribution in [2.24, 2.45) is 0 Å². The smallest absolute Gasteiger partial charge is 0.336 e. The Kier molecular flexibility index (Phi) is 5.21. The highest BCUT2D eigenvalue weighted by Gasteiger charge is 2.39. The van der Waals surface area contributed by atoms with E-state index in [4.69, 9.17) is 5.26 Å². The van der Waals surface area contributed by atoms with Crippen molar-refractivity contribution in [1.29, 1.82) is 5.26 Å². The number of aryl methyl sites for hydroxylation is 1. The zero-order valence-corrected chi connectivity index (χ0v) is 16.2. The van der Waals surface area contributed by atoms with Gasteiger partial charge in [-0.1, -0.05) is 12.1 Å². The van der Waals surface area contributed by atoms with Gasteiger partial charge in [0.2, 0.25) is 5.91 Å². The summed E-state index contributed by atoms with van der Waals surface area (Å²) >= 11 is 0. The van der Waals surface area contributed by atoms with Crippen LogP contribution in [0.2, 0.25) is 0 Å². The lowest BCUT2D eigenvalue weighted by molar-refractivity contribution is -0.121. The molecule has 3 rings (SSSR count). The average molecular weight is 417 g/mol. The van der Waals surface area contributed by atoms with Gasteiger partial charge < -0.3 is 10.6 Å². The maximum absolute atomic E-state index is 13.4. The van der Waals surface area contributed by atoms with Gasteiger partial charge in [0.25, 0.3) is 10.0 Å². The monoisotopic (exact) mass is 417 g/mol. The molecule has 0 unspecified atom stereocenters. The van der Waals surface area contributed by atoms with Crippen molar-refractivity contribution in [3.05, 3.63) is 53.1 Å². The summed E-state index contributed by atoms with van der Waals surface area (Å²) in [6, 6.07) is 5.82. The van der Waals surface area contributed by atoms with Gasteiger partial charge in [0, 0.05) is 0 Å². The highest BCUT2D eigenvalue weighted by molar-refractivity contribution is 7.90. The molecule has 2 N–H and O–H groups in total. The quantitative estimate of drug-likeness (QED) is 0.780. The minimum absolute atomic E-state index is 0.0701. The SMILES string of the molecule is Cc1cccc2c1S(=O)(=O)N(CC(=O)N[C@@H](C)c1cc(C#N)c(F)cn1)C(=O)N2. The minimum atomic E-state index is -4.22. The van der Waals surface area contributed by atoms with Gasteiger partial charge in [-0.15, -0.1) is 0 Å². The summed E-state index contributed by atoms with van der Waals surface area (Å²) in [5.41, 5.74) is 0.560. The fraction of sp³-hybridized carbons (Fsp3) is 0.222. The molecule has 0 fully saturated rings. The van der Waals surface area contributed by atoms with Crippen LogP contribution in [0.5, 0.6) is 0 Å². The number of amides is 3. The number of pyridine rings is 1. The molecule has 2 heterocycles. The Labute approximate surface area is 166 Å². The lowest BCUT2D eigenvalue weighted by Gasteiger charge is -2.29. The van der Waals surface area contributed by atoms with Gasteiger partial charge in [0.15, 0.2) is 5.82 Å². The summed E-state index contributed by atoms with van der Waals surface area (Å²) in [5.74, 6) is -1.56. The third-order valence-electron chi connectivity index (χ3n) is 4.33. The number of hydrogen-bond donors (Lipinski definition) is 2. The number of nitrogens with one attached hydrogen (secondary N) is 2. The van der Waals surface area contributed by atoms with E-state index in [1.54, 1.807) is 25.1 Å². The van der Waals surface area contributed by atoms with Crippen molar-refractivity contribution < 1.29 is 22.4 Å². The second kappa shape index (κ2) is 7.48. The second-order valence-electron chi connectivity index (χ2n) is 6.38. The molecule has 0 bridgehead atoms. The average Bonchev–Trinajstić information content (AvgIpc) is 2.65. The first-order chi connectivity index (χ1) is 13.6. The van der Waals surface area contributed by atoms with Crippen LogP contribution in [-0.2, 0) is 14.8 Å². The van der Waals surface area contributed by atoms with E-state index in [1.807, 2.05) is 0 Å². The summed E-state index contributed by atoms with van der Waals surface area (Å²) < 4.78 is 39.5. The number of aromatic nitrogens is 1. The number of benzene rings is 1. The first-order valence-corrected chi connectivity index (χ1v) is 9.87. The maximum atomic E-state index is 13.4. The first-order valence-electron chi connectivity index (χ1n) is 8.43. The van der Waals surface area contributed by atoms with E-state index >= 15 is 0 Å². The summed E-state index contributed by atoms with van der Waals surface area (Å²) in [6.07, 6.45) is 0.860. The molecule has 1 aliphatic rings. The van der Waals surface area contributed by atoms with Crippen molar-refractivity contribution in [3.8, 4) is 6.07 Å². The van der Waals surface area contributed by atoms with Crippen molar-refractivity contribution >= 4 is 27.6 Å². The number of hydrogen-bond acceptors (Lipinski definition) is 6.